The number of unbranched alkanes of at least 4 members (excludes halogenated alkanes) is 1. The summed E-state index contributed by atoms with van der Waals surface area (Å²) in [5.41, 5.74) is 1.65. The Labute approximate surface area is 248 Å². The quantitative estimate of drug-likeness (QED) is 0.137. The van der Waals surface area contributed by atoms with Crippen molar-refractivity contribution in [3.8, 4) is 11.5 Å². The van der Waals surface area contributed by atoms with Gasteiger partial charge in [-0.3, -0.25) is 19.2 Å². The van der Waals surface area contributed by atoms with Gasteiger partial charge in [-0.1, -0.05) is 23.2 Å². The van der Waals surface area contributed by atoms with Gasteiger partial charge in [0.2, 0.25) is 11.8 Å². The van der Waals surface area contributed by atoms with Gasteiger partial charge in [0.25, 0.3) is 0 Å². The molecule has 0 unspecified atom stereocenters. The number of Topliss-reactive ketones (excluding diaryl/α,β-unsaturated/α-hetero) is 2. The lowest BCUT2D eigenvalue weighted by atomic mass is 10.0. The van der Waals surface area contributed by atoms with Crippen molar-refractivity contribution in [2.45, 2.75) is 46.0 Å². The Balaban J connectivity index is 0.000000391. The number of carbonyl (C=O) groups excluding carboxylic acids is 4. The van der Waals surface area contributed by atoms with Gasteiger partial charge < -0.3 is 20.1 Å². The van der Waals surface area contributed by atoms with E-state index in [1.165, 1.54) is 46.3 Å². The normalized spacial score (nSPS) is 10.2. The highest BCUT2D eigenvalue weighted by Gasteiger charge is 2.17. The van der Waals surface area contributed by atoms with Crippen molar-refractivity contribution in [1.29, 1.82) is 0 Å². The third-order valence-electron chi connectivity index (χ3n) is 5.13. The number of ether oxygens (including phenoxy) is 2. The van der Waals surface area contributed by atoms with Crippen LogP contribution in [0.3, 0.4) is 0 Å². The fourth-order valence-electron chi connectivity index (χ4n) is 3.33. The van der Waals surface area contributed by atoms with Crippen molar-refractivity contribution in [2.24, 2.45) is 0 Å². The Kier molecular flexibility index (Phi) is 15.9. The van der Waals surface area contributed by atoms with Crippen molar-refractivity contribution >= 4 is 81.2 Å². The Morgan fingerprint density at radius 3 is 1.38 bits per heavy atom. The summed E-state index contributed by atoms with van der Waals surface area (Å²) < 4.78 is 10.4. The summed E-state index contributed by atoms with van der Waals surface area (Å²) in [6.45, 7) is 2.76. The van der Waals surface area contributed by atoms with Crippen molar-refractivity contribution in [3.63, 3.8) is 0 Å². The number of benzene rings is 2. The monoisotopic (exact) mass is 620 g/mol. The molecule has 0 saturated carbocycles. The largest absolute Gasteiger partial charge is 0.496 e. The minimum atomic E-state index is -0.245. The van der Waals surface area contributed by atoms with Crippen LogP contribution in [-0.4, -0.2) is 49.4 Å². The molecule has 0 aliphatic carbocycles. The second-order valence-electron chi connectivity index (χ2n) is 8.21. The van der Waals surface area contributed by atoms with Gasteiger partial charge in [-0.2, -0.15) is 0 Å². The molecule has 2 rings (SSSR count). The van der Waals surface area contributed by atoms with Crippen LogP contribution in [0.5, 0.6) is 11.5 Å². The highest BCUT2D eigenvalue weighted by molar-refractivity contribution is 6.34. The number of rotatable bonds is 13. The van der Waals surface area contributed by atoms with Crippen LogP contribution in [0.1, 0.15) is 66.7 Å². The molecule has 12 heteroatoms. The average molecular weight is 622 g/mol. The molecule has 0 aliphatic rings. The van der Waals surface area contributed by atoms with E-state index >= 15 is 0 Å². The molecule has 0 saturated heterocycles. The SMILES string of the molecule is COc1cc(NC(C)=O)c(Cl)cc1C(=O)CCCCCl.COc1cc(NC(C)=O)c(Cl)cc1C(=O)CCCCl. The number of hydrogen-bond donors (Lipinski definition) is 2. The fraction of sp³-hybridized carbons (Fsp3) is 0.407. The predicted molar refractivity (Wildman–Crippen MR) is 158 cm³/mol. The second kappa shape index (κ2) is 17.9. The third-order valence-corrected chi connectivity index (χ3v) is 6.29. The van der Waals surface area contributed by atoms with E-state index in [4.69, 9.17) is 55.9 Å². The summed E-state index contributed by atoms with van der Waals surface area (Å²) in [6, 6.07) is 6.12. The maximum absolute atomic E-state index is 12.1. The number of ketones is 2. The highest BCUT2D eigenvalue weighted by atomic mass is 35.5. The van der Waals surface area contributed by atoms with Crippen LogP contribution in [0, 0.1) is 0 Å². The van der Waals surface area contributed by atoms with Crippen LogP contribution < -0.4 is 20.1 Å². The smallest absolute Gasteiger partial charge is 0.221 e. The third kappa shape index (κ3) is 11.6. The van der Waals surface area contributed by atoms with E-state index in [0.717, 1.165) is 12.8 Å². The molecule has 0 heterocycles. The number of halogens is 4. The van der Waals surface area contributed by atoms with Gasteiger partial charge >= 0.3 is 0 Å². The van der Waals surface area contributed by atoms with Crippen LogP contribution in [0.4, 0.5) is 11.4 Å². The summed E-state index contributed by atoms with van der Waals surface area (Å²) in [7, 11) is 2.93. The zero-order valence-corrected chi connectivity index (χ0v) is 25.2. The van der Waals surface area contributed by atoms with E-state index in [-0.39, 0.29) is 23.4 Å². The van der Waals surface area contributed by atoms with E-state index in [9.17, 15) is 19.2 Å². The van der Waals surface area contributed by atoms with Gasteiger partial charge in [-0.05, 0) is 31.4 Å². The first-order valence-electron chi connectivity index (χ1n) is 12.0. The summed E-state index contributed by atoms with van der Waals surface area (Å²) >= 11 is 23.2. The Morgan fingerprint density at radius 2 is 1.05 bits per heavy atom. The minimum Gasteiger partial charge on any atom is -0.496 e. The Morgan fingerprint density at radius 1 is 0.667 bits per heavy atom. The fourth-order valence-corrected chi connectivity index (χ4v) is 4.07. The average Bonchev–Trinajstić information content (AvgIpc) is 2.89. The number of methoxy groups -OCH3 is 2. The van der Waals surface area contributed by atoms with E-state index < -0.39 is 0 Å². The second-order valence-corrected chi connectivity index (χ2v) is 9.78. The van der Waals surface area contributed by atoms with Crippen molar-refractivity contribution < 1.29 is 28.7 Å². The molecule has 0 bridgehead atoms. The molecule has 0 aliphatic heterocycles. The van der Waals surface area contributed by atoms with E-state index in [2.05, 4.69) is 10.6 Å². The Bertz CT molecular complexity index is 1170. The molecule has 39 heavy (non-hydrogen) atoms. The molecule has 0 radical (unpaired) electrons. The molecule has 0 fully saturated rings. The maximum Gasteiger partial charge on any atom is 0.221 e. The maximum atomic E-state index is 12.1. The Hall–Kier alpha value is -2.52. The minimum absolute atomic E-state index is 0.0526. The van der Waals surface area contributed by atoms with E-state index in [0.29, 0.717) is 75.1 Å². The molecule has 0 spiro atoms. The highest BCUT2D eigenvalue weighted by Crippen LogP contribution is 2.33. The standard InChI is InChI=1S/C14H17Cl2NO3.C13H15Cl2NO3/c1-9(18)17-12-8-14(20-2)10(7-11(12)16)13(19)5-3-4-6-15;1-8(17)16-11-7-13(19-2)9(6-10(11)15)12(18)4-3-5-14/h7-8H,3-6H2,1-2H3,(H,17,18);6-7H,3-5H2,1-2H3,(H,16,17). The molecular weight excluding hydrogens is 590 g/mol. The molecule has 214 valence electrons. The number of nitrogens with one attached hydrogen (secondary N) is 2. The van der Waals surface area contributed by atoms with E-state index in [1.54, 1.807) is 6.07 Å². The number of hydrogen-bond acceptors (Lipinski definition) is 6. The molecule has 2 aromatic rings. The molecule has 8 nitrogen and oxygen atoms in total. The van der Waals surface area contributed by atoms with Crippen molar-refractivity contribution in [2.75, 3.05) is 36.6 Å². The van der Waals surface area contributed by atoms with Gasteiger partial charge in [0.15, 0.2) is 11.6 Å². The van der Waals surface area contributed by atoms with Gasteiger partial charge in [0, 0.05) is 50.6 Å². The molecule has 2 N–H and O–H groups in total. The van der Waals surface area contributed by atoms with Crippen LogP contribution in [-0.2, 0) is 9.59 Å². The summed E-state index contributed by atoms with van der Waals surface area (Å²) in [5, 5.41) is 5.76. The zero-order chi connectivity index (χ0) is 29.5. The lowest BCUT2D eigenvalue weighted by molar-refractivity contribution is -0.115. The van der Waals surface area contributed by atoms with E-state index in [1.807, 2.05) is 0 Å². The molecule has 0 aromatic heterocycles. The summed E-state index contributed by atoms with van der Waals surface area (Å²) in [5.74, 6) is 1.11. The first-order chi connectivity index (χ1) is 18.5. The van der Waals surface area contributed by atoms with Crippen LogP contribution in [0.15, 0.2) is 24.3 Å². The number of amides is 2. The number of carbonyl (C=O) groups is 4. The number of alkyl halides is 2. The van der Waals surface area contributed by atoms with Crippen LogP contribution in [0.25, 0.3) is 0 Å². The van der Waals surface area contributed by atoms with Crippen molar-refractivity contribution in [1.82, 2.24) is 0 Å². The molecule has 2 amide bonds. The first kappa shape index (κ1) is 34.5. The lowest BCUT2D eigenvalue weighted by Gasteiger charge is -2.12. The predicted octanol–water partition coefficient (Wildman–Crippen LogP) is 7.41. The zero-order valence-electron chi connectivity index (χ0n) is 22.2. The molecule has 0 atom stereocenters. The summed E-state index contributed by atoms with van der Waals surface area (Å²) in [6.07, 6.45) is 2.81. The molecular formula is C27H32Cl4N2O6. The van der Waals surface area contributed by atoms with Gasteiger partial charge in [0.1, 0.15) is 11.5 Å². The number of anilines is 2. The van der Waals surface area contributed by atoms with Gasteiger partial charge in [-0.15, -0.1) is 23.2 Å². The van der Waals surface area contributed by atoms with Gasteiger partial charge in [0.05, 0.1) is 46.8 Å². The van der Waals surface area contributed by atoms with Gasteiger partial charge in [-0.25, -0.2) is 0 Å². The van der Waals surface area contributed by atoms with Crippen LogP contribution >= 0.6 is 46.4 Å². The first-order valence-corrected chi connectivity index (χ1v) is 13.8. The molecule has 2 aromatic carbocycles. The van der Waals surface area contributed by atoms with Crippen LogP contribution in [0.2, 0.25) is 10.0 Å². The topological polar surface area (TPSA) is 111 Å². The lowest BCUT2D eigenvalue weighted by Crippen LogP contribution is -2.08. The van der Waals surface area contributed by atoms with Crippen molar-refractivity contribution in [3.05, 3.63) is 45.4 Å². The summed E-state index contributed by atoms with van der Waals surface area (Å²) in [4.78, 5) is 46.2.